The third kappa shape index (κ3) is 28.6. The van der Waals surface area contributed by atoms with Gasteiger partial charge in [-0.1, -0.05) is 235 Å². The third-order valence-electron chi connectivity index (χ3n) is 14.7. The second-order valence-corrected chi connectivity index (χ2v) is 24.4. The molecule has 0 bridgehead atoms. The predicted molar refractivity (Wildman–Crippen MR) is 271 cm³/mol. The minimum atomic E-state index is -1.35. The molecule has 4 atom stereocenters. The van der Waals surface area contributed by atoms with E-state index in [0.29, 0.717) is 0 Å². The Morgan fingerprint density at radius 3 is 0.439 bits per heavy atom. The van der Waals surface area contributed by atoms with Gasteiger partial charge < -0.3 is 0 Å². The standard InChI is InChI=1S/C56H116P/c1-9-17-25-33-41-49-53(45-37-29-21-13-5)57(54(46-38-30-22-14-6)50-42-34-26-18-10-2,55(47-39-31-23-15-7)51-43-35-27-19-11-3)56(48-40-32-24-16-8)52-44-36-28-20-12-4/h53-56H,9-52H2,1-8H3/q+1. The second kappa shape index (κ2) is 44.5. The van der Waals surface area contributed by atoms with Crippen molar-refractivity contribution in [1.29, 1.82) is 0 Å². The van der Waals surface area contributed by atoms with E-state index in [4.69, 9.17) is 0 Å². The van der Waals surface area contributed by atoms with E-state index in [9.17, 15) is 0 Å². The number of hydrogen-bond acceptors (Lipinski definition) is 0. The van der Waals surface area contributed by atoms with Gasteiger partial charge in [-0.2, -0.15) is 0 Å². The monoisotopic (exact) mass is 820 g/mol. The zero-order valence-electron chi connectivity index (χ0n) is 41.9. The van der Waals surface area contributed by atoms with Crippen molar-refractivity contribution in [2.24, 2.45) is 0 Å². The van der Waals surface area contributed by atoms with Crippen LogP contribution in [0.3, 0.4) is 0 Å². The number of unbranched alkanes of at least 4 members (excludes halogenated alkanes) is 28. The molecule has 0 fully saturated rings. The molecule has 0 aliphatic carbocycles. The van der Waals surface area contributed by atoms with Gasteiger partial charge in [-0.15, -0.1) is 0 Å². The number of hydrogen-bond donors (Lipinski definition) is 0. The molecule has 0 amide bonds. The smallest absolute Gasteiger partial charge is 0.0654 e. The summed E-state index contributed by atoms with van der Waals surface area (Å²) in [6.45, 7) is 19.5. The van der Waals surface area contributed by atoms with Crippen LogP contribution in [0.1, 0.15) is 338 Å². The van der Waals surface area contributed by atoms with Crippen LogP contribution in [0.15, 0.2) is 0 Å². The molecule has 0 saturated heterocycles. The van der Waals surface area contributed by atoms with Crippen LogP contribution >= 0.6 is 7.26 Å². The van der Waals surface area contributed by atoms with Gasteiger partial charge in [0, 0.05) is 7.26 Å². The maximum absolute atomic E-state index is 2.45. The first-order chi connectivity index (χ1) is 28.1. The molecule has 1 heteroatoms. The highest BCUT2D eigenvalue weighted by molar-refractivity contribution is 7.78. The van der Waals surface area contributed by atoms with Crippen LogP contribution in [0, 0.1) is 0 Å². The molecule has 0 N–H and O–H groups in total. The molecule has 0 saturated carbocycles. The van der Waals surface area contributed by atoms with Gasteiger partial charge in [0.05, 0.1) is 22.6 Å². The van der Waals surface area contributed by atoms with Crippen molar-refractivity contribution in [3.8, 4) is 0 Å². The first-order valence-electron chi connectivity index (χ1n) is 28.0. The second-order valence-electron chi connectivity index (χ2n) is 19.7. The quantitative estimate of drug-likeness (QED) is 0.0424. The lowest BCUT2D eigenvalue weighted by Gasteiger charge is -2.51. The fraction of sp³-hybridized carbons (Fsp3) is 1.00. The van der Waals surface area contributed by atoms with E-state index < -0.39 is 7.26 Å². The van der Waals surface area contributed by atoms with Crippen LogP contribution in [0.5, 0.6) is 0 Å². The minimum Gasteiger partial charge on any atom is -0.0654 e. The molecule has 0 nitrogen and oxygen atoms in total. The lowest BCUT2D eigenvalue weighted by Crippen LogP contribution is -2.40. The van der Waals surface area contributed by atoms with Crippen molar-refractivity contribution < 1.29 is 0 Å². The van der Waals surface area contributed by atoms with Crippen molar-refractivity contribution in [1.82, 2.24) is 0 Å². The Morgan fingerprint density at radius 2 is 0.298 bits per heavy atom. The van der Waals surface area contributed by atoms with Crippen LogP contribution in [-0.4, -0.2) is 22.6 Å². The highest BCUT2D eigenvalue weighted by atomic mass is 31.2. The average Bonchev–Trinajstić information content (AvgIpc) is 3.22. The van der Waals surface area contributed by atoms with Gasteiger partial charge in [-0.3, -0.25) is 0 Å². The Morgan fingerprint density at radius 1 is 0.175 bits per heavy atom. The Balaban J connectivity index is 7.86. The van der Waals surface area contributed by atoms with Crippen LogP contribution in [0.2, 0.25) is 0 Å². The summed E-state index contributed by atoms with van der Waals surface area (Å²) in [6, 6.07) is 0. The van der Waals surface area contributed by atoms with E-state index in [-0.39, 0.29) is 0 Å². The van der Waals surface area contributed by atoms with E-state index >= 15 is 0 Å². The van der Waals surface area contributed by atoms with Crippen LogP contribution < -0.4 is 0 Å². The molecule has 0 radical (unpaired) electrons. The van der Waals surface area contributed by atoms with Gasteiger partial charge in [0.2, 0.25) is 0 Å². The summed E-state index contributed by atoms with van der Waals surface area (Å²) < 4.78 is 0. The Kier molecular flexibility index (Phi) is 44.8. The number of rotatable bonds is 48. The molecule has 4 unspecified atom stereocenters. The maximum atomic E-state index is 2.45. The van der Waals surface area contributed by atoms with Crippen molar-refractivity contribution in [3.63, 3.8) is 0 Å². The maximum Gasteiger partial charge on any atom is 0.0705 e. The van der Waals surface area contributed by atoms with Crippen molar-refractivity contribution in [2.45, 2.75) is 361 Å². The van der Waals surface area contributed by atoms with Crippen molar-refractivity contribution >= 4 is 7.26 Å². The first-order valence-corrected chi connectivity index (χ1v) is 30.0. The molecule has 0 aliphatic heterocycles. The van der Waals surface area contributed by atoms with E-state index in [2.05, 4.69) is 55.4 Å². The average molecular weight is 821 g/mol. The third-order valence-corrected chi connectivity index (χ3v) is 21.8. The molecule has 0 aromatic carbocycles. The molecule has 0 aromatic rings. The molecule has 0 aromatic heterocycles. The minimum absolute atomic E-state index is 1.06. The fourth-order valence-electron chi connectivity index (χ4n) is 11.3. The van der Waals surface area contributed by atoms with Crippen LogP contribution in [0.25, 0.3) is 0 Å². The zero-order valence-corrected chi connectivity index (χ0v) is 42.8. The Labute approximate surface area is 366 Å². The summed E-state index contributed by atoms with van der Waals surface area (Å²) in [7, 11) is -1.35. The van der Waals surface area contributed by atoms with E-state index in [1.807, 2.05) is 0 Å². The largest absolute Gasteiger partial charge is 0.0705 e. The van der Waals surface area contributed by atoms with Gasteiger partial charge in [0.25, 0.3) is 0 Å². The van der Waals surface area contributed by atoms with Gasteiger partial charge in [-0.25, -0.2) is 0 Å². The summed E-state index contributed by atoms with van der Waals surface area (Å²) in [4.78, 5) is 0. The highest BCUT2D eigenvalue weighted by Gasteiger charge is 2.59. The van der Waals surface area contributed by atoms with Gasteiger partial charge in [0.15, 0.2) is 0 Å². The van der Waals surface area contributed by atoms with Crippen molar-refractivity contribution in [2.75, 3.05) is 0 Å². The normalized spacial score (nSPS) is 15.2. The SMILES string of the molecule is CCCCCCCC(CCCCCC)[P+](C(CCCCCC)CCCCCCC)(C(CCCCCC)CCCCCCC)C(CCCCCC)CCCCCCC. The lowest BCUT2D eigenvalue weighted by molar-refractivity contribution is 0.477. The molecule has 57 heavy (non-hydrogen) atoms. The Hall–Kier alpha value is 0.430. The van der Waals surface area contributed by atoms with E-state index in [0.717, 1.165) is 22.6 Å². The molecule has 344 valence electrons. The van der Waals surface area contributed by atoms with Crippen molar-refractivity contribution in [3.05, 3.63) is 0 Å². The van der Waals surface area contributed by atoms with Crippen LogP contribution in [0.4, 0.5) is 0 Å². The summed E-state index contributed by atoms with van der Waals surface area (Å²) in [6.07, 6.45) is 65.8. The van der Waals surface area contributed by atoms with Gasteiger partial charge in [-0.05, 0) is 103 Å². The molecule has 0 heterocycles. The Bertz CT molecular complexity index is 618. The summed E-state index contributed by atoms with van der Waals surface area (Å²) in [5.74, 6) is 0. The molecule has 0 spiro atoms. The topological polar surface area (TPSA) is 0 Å². The van der Waals surface area contributed by atoms with Gasteiger partial charge >= 0.3 is 0 Å². The summed E-state index contributed by atoms with van der Waals surface area (Å²) >= 11 is 0. The van der Waals surface area contributed by atoms with Gasteiger partial charge in [0.1, 0.15) is 0 Å². The summed E-state index contributed by atoms with van der Waals surface area (Å²) in [5.41, 5.74) is 4.23. The zero-order chi connectivity index (χ0) is 41.9. The predicted octanol–water partition coefficient (Wildman–Crippen LogP) is 21.8. The summed E-state index contributed by atoms with van der Waals surface area (Å²) in [5, 5.41) is 0. The first kappa shape index (κ1) is 57.4. The molecular formula is C56H116P+. The highest BCUT2D eigenvalue weighted by Crippen LogP contribution is 2.80. The molecular weight excluding hydrogens is 704 g/mol. The van der Waals surface area contributed by atoms with Crippen LogP contribution in [-0.2, 0) is 0 Å². The molecule has 0 aliphatic rings. The molecule has 0 rings (SSSR count). The fourth-order valence-corrected chi connectivity index (χ4v) is 19.9. The lowest BCUT2D eigenvalue weighted by atomic mass is 10.0. The van der Waals surface area contributed by atoms with E-state index in [1.54, 1.807) is 51.4 Å². The van der Waals surface area contributed by atoms with E-state index in [1.165, 1.54) is 231 Å².